The fourth-order valence-corrected chi connectivity index (χ4v) is 7.56. The summed E-state index contributed by atoms with van der Waals surface area (Å²) in [6.45, 7) is 5.33. The molecule has 144 valence electrons. The normalized spacial score (nSPS) is 49.2. The quantitative estimate of drug-likeness (QED) is 0.606. The van der Waals surface area contributed by atoms with Crippen molar-refractivity contribution < 1.29 is 20.3 Å². The van der Waals surface area contributed by atoms with Crippen molar-refractivity contribution in [3.63, 3.8) is 0 Å². The van der Waals surface area contributed by atoms with Gasteiger partial charge in [0, 0.05) is 26.0 Å². The molecular weight excluding hydrogens is 328 g/mol. The van der Waals surface area contributed by atoms with Gasteiger partial charge in [-0.2, -0.15) is 0 Å². The highest BCUT2D eigenvalue weighted by atomic mass is 16.7. The predicted molar refractivity (Wildman–Crippen MR) is 96.4 cm³/mol. The summed E-state index contributed by atoms with van der Waals surface area (Å²) >= 11 is 0. The molecule has 0 aromatic heterocycles. The fourth-order valence-electron chi connectivity index (χ4n) is 7.56. The lowest BCUT2D eigenvalue weighted by atomic mass is 9.53. The molecule has 5 atom stereocenters. The van der Waals surface area contributed by atoms with Gasteiger partial charge in [0.25, 0.3) is 0 Å². The summed E-state index contributed by atoms with van der Waals surface area (Å²) in [5.74, 6) is 1.17. The lowest BCUT2D eigenvalue weighted by Gasteiger charge is -2.54. The molecular formula is C22H32O4. The second-order valence-electron chi connectivity index (χ2n) is 9.60. The minimum atomic E-state index is -0.406. The second-order valence-corrected chi connectivity index (χ2v) is 9.60. The highest BCUT2D eigenvalue weighted by Crippen LogP contribution is 2.66. The van der Waals surface area contributed by atoms with Crippen molar-refractivity contribution in [2.75, 3.05) is 26.4 Å². The predicted octanol–water partition coefficient (Wildman–Crippen LogP) is 4.19. The SMILES string of the molecule is [2H]C1C[C@@H]2[C@H](CC[C@@]3(C)[C@H]2CCC32OCCO2)C2=C1CC1(CC2)OCCO1. The number of fused-ring (bicyclic) bond motifs is 5. The Morgan fingerprint density at radius 1 is 0.923 bits per heavy atom. The van der Waals surface area contributed by atoms with Gasteiger partial charge in [0.15, 0.2) is 11.6 Å². The Hall–Kier alpha value is -0.420. The molecule has 0 aromatic rings. The van der Waals surface area contributed by atoms with Crippen LogP contribution in [-0.4, -0.2) is 38.0 Å². The number of allylic oxidation sites excluding steroid dienone is 1. The Balaban J connectivity index is 1.32. The first kappa shape index (κ1) is 15.5. The maximum Gasteiger partial charge on any atom is 0.174 e. The highest BCUT2D eigenvalue weighted by Gasteiger charge is 2.65. The van der Waals surface area contributed by atoms with E-state index in [0.29, 0.717) is 31.0 Å². The molecule has 0 radical (unpaired) electrons. The minimum absolute atomic E-state index is 0.0875. The third-order valence-electron chi connectivity index (χ3n) is 8.78. The summed E-state index contributed by atoms with van der Waals surface area (Å²) in [6, 6.07) is 0. The number of rotatable bonds is 0. The summed E-state index contributed by atoms with van der Waals surface area (Å²) in [4.78, 5) is 0. The first-order valence-electron chi connectivity index (χ1n) is 11.3. The van der Waals surface area contributed by atoms with Crippen LogP contribution in [0.25, 0.3) is 0 Å². The van der Waals surface area contributed by atoms with E-state index in [9.17, 15) is 0 Å². The van der Waals surface area contributed by atoms with Gasteiger partial charge in [0.05, 0.1) is 26.4 Å². The van der Waals surface area contributed by atoms with Crippen LogP contribution in [-0.2, 0) is 18.9 Å². The maximum atomic E-state index is 8.95. The molecule has 4 nitrogen and oxygen atoms in total. The molecule has 4 heteroatoms. The van der Waals surface area contributed by atoms with Crippen LogP contribution in [0.5, 0.6) is 0 Å². The van der Waals surface area contributed by atoms with E-state index in [2.05, 4.69) is 6.92 Å². The third kappa shape index (κ3) is 2.05. The molecule has 2 spiro atoms. The molecule has 6 aliphatic rings. The molecule has 2 heterocycles. The summed E-state index contributed by atoms with van der Waals surface area (Å²) in [5.41, 5.74) is 3.08. The van der Waals surface area contributed by atoms with Gasteiger partial charge in [-0.15, -0.1) is 0 Å². The van der Waals surface area contributed by atoms with Gasteiger partial charge in [-0.05, 0) is 56.3 Å². The van der Waals surface area contributed by atoms with E-state index < -0.39 is 5.79 Å². The first-order valence-corrected chi connectivity index (χ1v) is 10.8. The van der Waals surface area contributed by atoms with Crippen LogP contribution >= 0.6 is 0 Å². The van der Waals surface area contributed by atoms with Crippen LogP contribution in [0.2, 0.25) is 0 Å². The molecule has 2 saturated carbocycles. The monoisotopic (exact) mass is 361 g/mol. The number of ether oxygens (including phenoxy) is 4. The molecule has 0 bridgehead atoms. The molecule has 2 aliphatic heterocycles. The molecule has 4 aliphatic carbocycles. The van der Waals surface area contributed by atoms with Crippen molar-refractivity contribution in [2.45, 2.75) is 76.3 Å². The van der Waals surface area contributed by atoms with Crippen molar-refractivity contribution in [2.24, 2.45) is 23.2 Å². The zero-order valence-corrected chi connectivity index (χ0v) is 15.9. The molecule has 0 N–H and O–H groups in total. The zero-order valence-electron chi connectivity index (χ0n) is 16.9. The van der Waals surface area contributed by atoms with Gasteiger partial charge in [0.2, 0.25) is 0 Å². The molecule has 4 fully saturated rings. The van der Waals surface area contributed by atoms with Crippen molar-refractivity contribution in [1.82, 2.24) is 0 Å². The Kier molecular flexibility index (Phi) is 3.31. The largest absolute Gasteiger partial charge is 0.347 e. The van der Waals surface area contributed by atoms with Crippen LogP contribution in [0, 0.1) is 23.2 Å². The zero-order chi connectivity index (χ0) is 18.3. The van der Waals surface area contributed by atoms with Crippen LogP contribution in [0.4, 0.5) is 0 Å². The molecule has 0 aromatic carbocycles. The second kappa shape index (κ2) is 5.56. The lowest BCUT2D eigenvalue weighted by Crippen LogP contribution is -2.52. The van der Waals surface area contributed by atoms with E-state index in [1.807, 2.05) is 0 Å². The number of hydrogen-bond acceptors (Lipinski definition) is 4. The van der Waals surface area contributed by atoms with Gasteiger partial charge < -0.3 is 18.9 Å². The van der Waals surface area contributed by atoms with E-state index in [4.69, 9.17) is 20.3 Å². The van der Waals surface area contributed by atoms with E-state index in [0.717, 1.165) is 45.3 Å². The van der Waals surface area contributed by atoms with Gasteiger partial charge in [-0.1, -0.05) is 18.1 Å². The van der Waals surface area contributed by atoms with Gasteiger partial charge in [-0.25, -0.2) is 0 Å². The summed E-state index contributed by atoms with van der Waals surface area (Å²) in [5, 5.41) is 0. The fraction of sp³-hybridized carbons (Fsp3) is 0.909. The average molecular weight is 362 g/mol. The van der Waals surface area contributed by atoms with E-state index in [-0.39, 0.29) is 17.6 Å². The summed E-state index contributed by atoms with van der Waals surface area (Å²) in [6.07, 6.45) is 8.43. The van der Waals surface area contributed by atoms with Crippen molar-refractivity contribution >= 4 is 0 Å². The van der Waals surface area contributed by atoms with Crippen LogP contribution in [0.3, 0.4) is 0 Å². The Morgan fingerprint density at radius 2 is 1.69 bits per heavy atom. The standard InChI is InChI=1S/C22H32O4/c1-20-7-4-17-16-5-8-21(23-10-11-24-21)14-15(16)2-3-18(17)19(20)6-9-22(20)25-12-13-26-22/h17-19H,2-14H2,1H3/t17-,18-,19+,20+/m1/s1/i2D/t2?,17-,18-,19+,20+. The summed E-state index contributed by atoms with van der Waals surface area (Å²) < 4.78 is 33.4. The minimum Gasteiger partial charge on any atom is -0.347 e. The van der Waals surface area contributed by atoms with E-state index in [1.54, 1.807) is 5.57 Å². The van der Waals surface area contributed by atoms with Crippen LogP contribution in [0.15, 0.2) is 11.1 Å². The molecule has 6 rings (SSSR count). The molecule has 0 amide bonds. The Morgan fingerprint density at radius 3 is 2.50 bits per heavy atom. The molecule has 2 saturated heterocycles. The summed E-state index contributed by atoms with van der Waals surface area (Å²) in [7, 11) is 0. The smallest absolute Gasteiger partial charge is 0.174 e. The molecule has 1 unspecified atom stereocenters. The van der Waals surface area contributed by atoms with Crippen LogP contribution in [0.1, 0.15) is 66.1 Å². The average Bonchev–Trinajstić information content (AvgIpc) is 3.38. The topological polar surface area (TPSA) is 36.9 Å². The third-order valence-corrected chi connectivity index (χ3v) is 8.78. The Bertz CT molecular complexity index is 663. The van der Waals surface area contributed by atoms with Gasteiger partial charge in [-0.3, -0.25) is 0 Å². The van der Waals surface area contributed by atoms with E-state index in [1.165, 1.54) is 24.8 Å². The maximum absolute atomic E-state index is 8.95. The first-order chi connectivity index (χ1) is 13.1. The van der Waals surface area contributed by atoms with E-state index >= 15 is 0 Å². The molecule has 26 heavy (non-hydrogen) atoms. The van der Waals surface area contributed by atoms with Crippen LogP contribution < -0.4 is 0 Å². The van der Waals surface area contributed by atoms with Crippen molar-refractivity contribution in [3.8, 4) is 0 Å². The highest BCUT2D eigenvalue weighted by molar-refractivity contribution is 5.28. The number of hydrogen-bond donors (Lipinski definition) is 0. The Labute approximate surface area is 158 Å². The van der Waals surface area contributed by atoms with Gasteiger partial charge in [0.1, 0.15) is 0 Å². The van der Waals surface area contributed by atoms with Gasteiger partial charge >= 0.3 is 0 Å². The van der Waals surface area contributed by atoms with Crippen molar-refractivity contribution in [3.05, 3.63) is 11.1 Å². The lowest BCUT2D eigenvalue weighted by molar-refractivity contribution is -0.238. The van der Waals surface area contributed by atoms with Crippen molar-refractivity contribution in [1.29, 1.82) is 0 Å².